The summed E-state index contributed by atoms with van der Waals surface area (Å²) in [6.07, 6.45) is 5.43. The van der Waals surface area contributed by atoms with Crippen LogP contribution < -0.4 is 24.8 Å². The Labute approximate surface area is 339 Å². The number of halogens is 1. The lowest BCUT2D eigenvalue weighted by atomic mass is 9.85. The van der Waals surface area contributed by atoms with Crippen molar-refractivity contribution in [1.82, 2.24) is 25.2 Å². The zero-order valence-corrected chi connectivity index (χ0v) is 35.1. The number of benzene rings is 1. The number of fused-ring (bicyclic) bond motifs is 5. The molecule has 4 amide bonds. The molecule has 1 spiro atoms. The maximum Gasteiger partial charge on any atom is 0.407 e. The monoisotopic (exact) mass is 825 g/mol. The van der Waals surface area contributed by atoms with Crippen LogP contribution in [-0.4, -0.2) is 90.3 Å². The van der Waals surface area contributed by atoms with Gasteiger partial charge in [0.15, 0.2) is 0 Å². The number of hydrogen-bond acceptors (Lipinski definition) is 10. The number of rotatable bonds is 7. The number of hydrogen-bond donors (Lipinski definition) is 3. The third-order valence-electron chi connectivity index (χ3n) is 12.3. The molecule has 14 nitrogen and oxygen atoms in total. The van der Waals surface area contributed by atoms with Gasteiger partial charge >= 0.3 is 6.09 Å². The van der Waals surface area contributed by atoms with Crippen molar-refractivity contribution in [2.75, 3.05) is 20.3 Å². The fourth-order valence-electron chi connectivity index (χ4n) is 8.45. The minimum absolute atomic E-state index is 0.101. The summed E-state index contributed by atoms with van der Waals surface area (Å²) in [5.41, 5.74) is -1.90. The lowest BCUT2D eigenvalue weighted by Gasteiger charge is -2.38. The molecule has 16 heteroatoms. The summed E-state index contributed by atoms with van der Waals surface area (Å²) < 4.78 is 62.3. The minimum atomic E-state index is -4.04. The number of carbonyl (C=O) groups excluding carboxylic acids is 4. The summed E-state index contributed by atoms with van der Waals surface area (Å²) in [6, 6.07) is 2.88. The summed E-state index contributed by atoms with van der Waals surface area (Å²) in [6.45, 7) is 9.09. The van der Waals surface area contributed by atoms with E-state index in [1.807, 2.05) is 39.8 Å². The van der Waals surface area contributed by atoms with Gasteiger partial charge in [-0.05, 0) is 75.5 Å². The number of pyridine rings is 1. The summed E-state index contributed by atoms with van der Waals surface area (Å²) >= 11 is 0. The van der Waals surface area contributed by atoms with Crippen molar-refractivity contribution in [3.63, 3.8) is 0 Å². The number of aryl methyl sites for hydroxylation is 1. The standard InChI is InChI=1S/C42H56FN5O9S/c1-7-29-34-33(27-19-26(55-6)15-16-30(27)44-29)28(43)21-41(57-34)22-32-35(49)46-42(37(51)47-58(53,54)40(5)17-18-40)20-25(42)13-11-9-8-10-12-14-31(36(50)48(32)23-41)45-38(52)56-24-39(2,3)4/h11,13,15-16,19,25,28,31-32H,7-10,12,14,17-18,20-24H2,1-6H3,(H,45,52)(H,46,49)(H,47,51)/b13-11-/t25?,28-,31+,32+,41-,42-/m1/s1. The zero-order valence-electron chi connectivity index (χ0n) is 34.2. The van der Waals surface area contributed by atoms with E-state index in [1.54, 1.807) is 25.1 Å². The van der Waals surface area contributed by atoms with Crippen LogP contribution in [0.15, 0.2) is 30.4 Å². The summed E-state index contributed by atoms with van der Waals surface area (Å²) in [4.78, 5) is 62.8. The summed E-state index contributed by atoms with van der Waals surface area (Å²) in [5, 5.41) is 6.16. The maximum atomic E-state index is 16.9. The SMILES string of the molecule is CCc1nc2ccc(OC)cc2c2c1O[C@]1(C[C@H]2F)C[C@H]2C(=O)N[C@]3(C(=O)NS(=O)(=O)C4(C)CC4)CC3/C=C\CCCCC[C@H](NC(=O)OCC(C)(C)C)C(=O)N2C1. The van der Waals surface area contributed by atoms with Gasteiger partial charge in [-0.3, -0.25) is 19.1 Å². The Balaban J connectivity index is 1.26. The first kappa shape index (κ1) is 41.7. The number of methoxy groups -OCH3 is 1. The van der Waals surface area contributed by atoms with E-state index < -0.39 is 73.9 Å². The molecule has 3 fully saturated rings. The molecule has 316 valence electrons. The normalized spacial score (nSPS) is 30.0. The smallest absolute Gasteiger partial charge is 0.407 e. The van der Waals surface area contributed by atoms with Gasteiger partial charge in [0.2, 0.25) is 21.8 Å². The molecule has 5 aliphatic rings. The van der Waals surface area contributed by atoms with Gasteiger partial charge in [0.1, 0.15) is 40.9 Å². The average Bonchev–Trinajstić information content (AvgIpc) is 4.06. The van der Waals surface area contributed by atoms with Crippen LogP contribution in [0.5, 0.6) is 11.5 Å². The predicted octanol–water partition coefficient (Wildman–Crippen LogP) is 5.47. The fraction of sp³-hybridized carbons (Fsp3) is 0.643. The van der Waals surface area contributed by atoms with Crippen molar-refractivity contribution >= 4 is 44.7 Å². The molecule has 3 aliphatic heterocycles. The highest BCUT2D eigenvalue weighted by molar-refractivity contribution is 7.91. The van der Waals surface area contributed by atoms with Crippen LogP contribution in [0.2, 0.25) is 0 Å². The first-order valence-corrected chi connectivity index (χ1v) is 21.9. The minimum Gasteiger partial charge on any atom is -0.497 e. The molecule has 1 unspecified atom stereocenters. The zero-order chi connectivity index (χ0) is 41.8. The van der Waals surface area contributed by atoms with Crippen LogP contribution >= 0.6 is 0 Å². The molecule has 2 aliphatic carbocycles. The number of carbonyl (C=O) groups is 4. The molecule has 1 aromatic carbocycles. The number of aromatic nitrogens is 1. The van der Waals surface area contributed by atoms with Gasteiger partial charge in [0, 0.05) is 29.7 Å². The average molecular weight is 826 g/mol. The number of nitrogens with zero attached hydrogens (tertiary/aromatic N) is 2. The Kier molecular flexibility index (Phi) is 11.0. The van der Waals surface area contributed by atoms with E-state index in [1.165, 1.54) is 12.0 Å². The van der Waals surface area contributed by atoms with Crippen LogP contribution in [0, 0.1) is 11.3 Å². The molecule has 1 saturated heterocycles. The lowest BCUT2D eigenvalue weighted by molar-refractivity contribution is -0.141. The van der Waals surface area contributed by atoms with E-state index in [0.717, 1.165) is 12.8 Å². The predicted molar refractivity (Wildman–Crippen MR) is 213 cm³/mol. The number of amides is 4. The highest BCUT2D eigenvalue weighted by Crippen LogP contribution is 2.52. The highest BCUT2D eigenvalue weighted by Gasteiger charge is 2.64. The van der Waals surface area contributed by atoms with Crippen molar-refractivity contribution in [2.24, 2.45) is 11.3 Å². The van der Waals surface area contributed by atoms with Crippen LogP contribution in [0.25, 0.3) is 10.9 Å². The second-order valence-corrected chi connectivity index (χ2v) is 20.4. The molecule has 58 heavy (non-hydrogen) atoms. The van der Waals surface area contributed by atoms with E-state index in [-0.39, 0.29) is 50.0 Å². The molecular formula is C42H56FN5O9S. The molecule has 3 N–H and O–H groups in total. The van der Waals surface area contributed by atoms with E-state index in [0.29, 0.717) is 60.0 Å². The lowest BCUT2D eigenvalue weighted by Crippen LogP contribution is -2.58. The van der Waals surface area contributed by atoms with E-state index in [9.17, 15) is 27.6 Å². The topological polar surface area (TPSA) is 182 Å². The van der Waals surface area contributed by atoms with Crippen molar-refractivity contribution in [1.29, 1.82) is 0 Å². The van der Waals surface area contributed by atoms with Gasteiger partial charge < -0.3 is 29.7 Å². The maximum absolute atomic E-state index is 16.9. The molecular weight excluding hydrogens is 770 g/mol. The summed E-state index contributed by atoms with van der Waals surface area (Å²) in [5.74, 6) is -1.85. The molecule has 0 bridgehead atoms. The molecule has 2 aromatic rings. The molecule has 2 saturated carbocycles. The second-order valence-electron chi connectivity index (χ2n) is 18.2. The first-order chi connectivity index (χ1) is 27.3. The van der Waals surface area contributed by atoms with Crippen LogP contribution in [-0.2, 0) is 35.6 Å². The number of nitrogens with one attached hydrogen (secondary N) is 3. The molecule has 7 rings (SSSR count). The van der Waals surface area contributed by atoms with E-state index in [4.69, 9.17) is 19.2 Å². The van der Waals surface area contributed by atoms with Crippen LogP contribution in [0.4, 0.5) is 9.18 Å². The first-order valence-electron chi connectivity index (χ1n) is 20.5. The number of sulfonamides is 1. The second kappa shape index (κ2) is 15.3. The number of ether oxygens (including phenoxy) is 3. The highest BCUT2D eigenvalue weighted by atomic mass is 32.2. The quantitative estimate of drug-likeness (QED) is 0.303. The van der Waals surface area contributed by atoms with Gasteiger partial charge in [-0.25, -0.2) is 22.6 Å². The fourth-order valence-corrected chi connectivity index (χ4v) is 9.77. The van der Waals surface area contributed by atoms with Gasteiger partial charge in [0.25, 0.3) is 5.91 Å². The third kappa shape index (κ3) is 8.09. The van der Waals surface area contributed by atoms with E-state index in [2.05, 4.69) is 15.4 Å². The third-order valence-corrected chi connectivity index (χ3v) is 14.5. The van der Waals surface area contributed by atoms with Gasteiger partial charge in [-0.2, -0.15) is 0 Å². The van der Waals surface area contributed by atoms with Crippen molar-refractivity contribution in [3.8, 4) is 11.5 Å². The van der Waals surface area contributed by atoms with Crippen molar-refractivity contribution < 1.29 is 46.2 Å². The Hall–Kier alpha value is -4.47. The largest absolute Gasteiger partial charge is 0.497 e. The summed E-state index contributed by atoms with van der Waals surface area (Å²) in [7, 11) is -2.52. The molecule has 0 radical (unpaired) electrons. The molecule has 6 atom stereocenters. The molecule has 4 heterocycles. The van der Waals surface area contributed by atoms with Gasteiger partial charge in [0.05, 0.1) is 36.2 Å². The Bertz CT molecular complexity index is 2140. The Morgan fingerprint density at radius 3 is 2.57 bits per heavy atom. The van der Waals surface area contributed by atoms with E-state index >= 15 is 4.39 Å². The molecule has 1 aromatic heterocycles. The Morgan fingerprint density at radius 1 is 1.12 bits per heavy atom. The van der Waals surface area contributed by atoms with Crippen LogP contribution in [0.1, 0.15) is 116 Å². The number of alkyl halides is 1. The van der Waals surface area contributed by atoms with Crippen molar-refractivity contribution in [3.05, 3.63) is 41.6 Å². The Morgan fingerprint density at radius 2 is 1.88 bits per heavy atom. The number of alkyl carbamates (subject to hydrolysis) is 1. The van der Waals surface area contributed by atoms with Gasteiger partial charge in [-0.1, -0.05) is 52.7 Å². The van der Waals surface area contributed by atoms with Gasteiger partial charge in [-0.15, -0.1) is 0 Å². The van der Waals surface area contributed by atoms with Crippen molar-refractivity contribution in [2.45, 2.75) is 139 Å². The van der Waals surface area contributed by atoms with Crippen LogP contribution in [0.3, 0.4) is 0 Å². The number of allylic oxidation sites excluding steroid dienone is 1.